The number of carbonyl (C=O) groups excluding carboxylic acids is 3. The zero-order valence-corrected chi connectivity index (χ0v) is 14.0. The summed E-state index contributed by atoms with van der Waals surface area (Å²) in [7, 11) is 0. The summed E-state index contributed by atoms with van der Waals surface area (Å²) in [5.74, 6) is -1.92. The number of hydrogen-bond donors (Lipinski definition) is 0. The average Bonchev–Trinajstić information content (AvgIpc) is 2.45. The van der Waals surface area contributed by atoms with E-state index in [4.69, 9.17) is 39.5 Å². The Balaban J connectivity index is 2.61. The van der Waals surface area contributed by atoms with Crippen molar-refractivity contribution < 1.29 is 33.3 Å². The van der Waals surface area contributed by atoms with E-state index in [2.05, 4.69) is 14.2 Å². The van der Waals surface area contributed by atoms with Crippen molar-refractivity contribution in [3.63, 3.8) is 0 Å². The van der Waals surface area contributed by atoms with E-state index in [1.54, 1.807) is 0 Å². The van der Waals surface area contributed by atoms with Crippen molar-refractivity contribution in [3.8, 4) is 5.75 Å². The van der Waals surface area contributed by atoms with Crippen LogP contribution in [0.4, 0.5) is 4.79 Å². The van der Waals surface area contributed by atoms with Gasteiger partial charge in [0, 0.05) is 16.6 Å². The van der Waals surface area contributed by atoms with Crippen molar-refractivity contribution in [2.24, 2.45) is 0 Å². The molecule has 0 N–H and O–H groups in total. The van der Waals surface area contributed by atoms with E-state index in [-0.39, 0.29) is 17.4 Å². The van der Waals surface area contributed by atoms with Gasteiger partial charge in [0.1, 0.15) is 5.75 Å². The summed E-state index contributed by atoms with van der Waals surface area (Å²) in [6.07, 6.45) is -1.92. The smallest absolute Gasteiger partial charge is 0.407 e. The fraction of sp³-hybridized carbons (Fsp3) is 0.308. The first kappa shape index (κ1) is 19.3. The van der Waals surface area contributed by atoms with E-state index < -0.39 is 30.3 Å². The lowest BCUT2D eigenvalue weighted by atomic mass is 10.3. The first-order valence-electron chi connectivity index (χ1n) is 6.13. The molecule has 126 valence electrons. The van der Waals surface area contributed by atoms with Gasteiger partial charge in [-0.3, -0.25) is 0 Å². The van der Waals surface area contributed by atoms with E-state index in [1.807, 2.05) is 0 Å². The van der Waals surface area contributed by atoms with Crippen LogP contribution in [0.25, 0.3) is 0 Å². The summed E-state index contributed by atoms with van der Waals surface area (Å²) in [5.41, 5.74) is -1.34. The molecule has 0 aromatic heterocycles. The van der Waals surface area contributed by atoms with Crippen LogP contribution >= 0.6 is 34.8 Å². The number of rotatable bonds is 7. The minimum atomic E-state index is -1.92. The van der Waals surface area contributed by atoms with E-state index in [1.165, 1.54) is 25.1 Å². The summed E-state index contributed by atoms with van der Waals surface area (Å²) in [6, 6.07) is 4.37. The average molecular weight is 386 g/mol. The Bertz CT molecular complexity index is 591. The maximum atomic E-state index is 11.6. The second kappa shape index (κ2) is 9.44. The van der Waals surface area contributed by atoms with Gasteiger partial charge in [-0.1, -0.05) is 23.2 Å². The van der Waals surface area contributed by atoms with Crippen LogP contribution in [-0.2, 0) is 23.8 Å². The molecule has 1 rings (SSSR count). The minimum Gasteiger partial charge on any atom is -0.480 e. The summed E-state index contributed by atoms with van der Waals surface area (Å²) in [4.78, 5) is 33.8. The van der Waals surface area contributed by atoms with Gasteiger partial charge in [0.2, 0.25) is 0 Å². The SMILES string of the molecule is CCOC(=O)C(OC(=O)Cl)OC(=O)COc1ccc(Cl)cc1Cl. The molecule has 0 heterocycles. The van der Waals surface area contributed by atoms with Gasteiger partial charge in [0.25, 0.3) is 0 Å². The van der Waals surface area contributed by atoms with E-state index in [9.17, 15) is 14.4 Å². The number of ether oxygens (including phenoxy) is 4. The molecule has 0 aliphatic carbocycles. The molecule has 1 unspecified atom stereocenters. The number of esters is 2. The largest absolute Gasteiger partial charge is 0.480 e. The maximum Gasteiger partial charge on any atom is 0.407 e. The van der Waals surface area contributed by atoms with Gasteiger partial charge in [0.15, 0.2) is 6.61 Å². The van der Waals surface area contributed by atoms with Crippen molar-refractivity contribution in [1.29, 1.82) is 0 Å². The van der Waals surface area contributed by atoms with E-state index in [0.29, 0.717) is 5.02 Å². The van der Waals surface area contributed by atoms with E-state index >= 15 is 0 Å². The molecule has 1 aromatic rings. The van der Waals surface area contributed by atoms with Gasteiger partial charge in [-0.15, -0.1) is 0 Å². The lowest BCUT2D eigenvalue weighted by molar-refractivity contribution is -0.190. The zero-order chi connectivity index (χ0) is 17.4. The molecule has 1 aromatic carbocycles. The molecule has 0 saturated carbocycles. The highest BCUT2D eigenvalue weighted by Gasteiger charge is 2.28. The van der Waals surface area contributed by atoms with Crippen LogP contribution in [0.2, 0.25) is 10.0 Å². The van der Waals surface area contributed by atoms with Gasteiger partial charge in [-0.05, 0) is 25.1 Å². The van der Waals surface area contributed by atoms with Gasteiger partial charge >= 0.3 is 23.7 Å². The Morgan fingerprint density at radius 2 is 1.87 bits per heavy atom. The predicted molar refractivity (Wildman–Crippen MR) is 80.8 cm³/mol. The van der Waals surface area contributed by atoms with Gasteiger partial charge in [-0.25, -0.2) is 14.4 Å². The van der Waals surface area contributed by atoms with Crippen LogP contribution in [0, 0.1) is 0 Å². The Kier molecular flexibility index (Phi) is 7.94. The van der Waals surface area contributed by atoms with Gasteiger partial charge in [-0.2, -0.15) is 0 Å². The zero-order valence-electron chi connectivity index (χ0n) is 11.7. The standard InChI is InChI=1S/C13H11Cl3O7/c1-2-20-11(18)12(23-13(16)19)22-10(17)6-21-9-4-3-7(14)5-8(9)15/h3-5,12H,2,6H2,1H3. The molecular formula is C13H11Cl3O7. The van der Waals surface area contributed by atoms with E-state index in [0.717, 1.165) is 0 Å². The number of halogens is 3. The second-order valence-electron chi connectivity index (χ2n) is 3.79. The molecule has 0 spiro atoms. The third kappa shape index (κ3) is 6.94. The van der Waals surface area contributed by atoms with Crippen LogP contribution in [0.3, 0.4) is 0 Å². The highest BCUT2D eigenvalue weighted by molar-refractivity contribution is 6.61. The number of carbonyl (C=O) groups is 3. The van der Waals surface area contributed by atoms with Crippen molar-refractivity contribution >= 4 is 52.2 Å². The fourth-order valence-corrected chi connectivity index (χ4v) is 1.84. The normalized spacial score (nSPS) is 11.3. The van der Waals surface area contributed by atoms with Crippen LogP contribution in [0.1, 0.15) is 6.92 Å². The third-order valence-electron chi connectivity index (χ3n) is 2.16. The van der Waals surface area contributed by atoms with Gasteiger partial charge < -0.3 is 18.9 Å². The molecule has 1 atom stereocenters. The van der Waals surface area contributed by atoms with Crippen LogP contribution in [-0.4, -0.2) is 36.9 Å². The third-order valence-corrected chi connectivity index (χ3v) is 2.78. The first-order chi connectivity index (χ1) is 10.8. The maximum absolute atomic E-state index is 11.6. The molecule has 0 amide bonds. The van der Waals surface area contributed by atoms with Crippen molar-refractivity contribution in [3.05, 3.63) is 28.2 Å². The molecule has 0 aliphatic rings. The fourth-order valence-electron chi connectivity index (χ4n) is 1.30. The summed E-state index contributed by atoms with van der Waals surface area (Å²) in [5, 5.41) is 0.570. The Hall–Kier alpha value is -1.70. The Morgan fingerprint density at radius 3 is 2.43 bits per heavy atom. The molecule has 0 aliphatic heterocycles. The first-order valence-corrected chi connectivity index (χ1v) is 7.27. The molecule has 0 radical (unpaired) electrons. The summed E-state index contributed by atoms with van der Waals surface area (Å²) >= 11 is 16.6. The predicted octanol–water partition coefficient (Wildman–Crippen LogP) is 3.18. The molecule has 0 fully saturated rings. The summed E-state index contributed by atoms with van der Waals surface area (Å²) < 4.78 is 18.6. The molecule has 0 saturated heterocycles. The van der Waals surface area contributed by atoms with Crippen molar-refractivity contribution in [1.82, 2.24) is 0 Å². The lowest BCUT2D eigenvalue weighted by Crippen LogP contribution is -2.34. The Labute approximate surface area is 146 Å². The van der Waals surface area contributed by atoms with Crippen molar-refractivity contribution in [2.75, 3.05) is 13.2 Å². The number of hydrogen-bond acceptors (Lipinski definition) is 7. The van der Waals surface area contributed by atoms with Crippen LogP contribution in [0.15, 0.2) is 18.2 Å². The lowest BCUT2D eigenvalue weighted by Gasteiger charge is -2.15. The minimum absolute atomic E-state index is 0.0103. The van der Waals surface area contributed by atoms with Crippen molar-refractivity contribution in [2.45, 2.75) is 13.2 Å². The molecule has 10 heteroatoms. The quantitative estimate of drug-likeness (QED) is 0.404. The highest BCUT2D eigenvalue weighted by atomic mass is 35.5. The molecule has 0 bridgehead atoms. The topological polar surface area (TPSA) is 88.1 Å². The van der Waals surface area contributed by atoms with Gasteiger partial charge in [0.05, 0.1) is 11.6 Å². The molecular weight excluding hydrogens is 374 g/mol. The van der Waals surface area contributed by atoms with Crippen LogP contribution < -0.4 is 4.74 Å². The number of benzene rings is 1. The molecule has 7 nitrogen and oxygen atoms in total. The molecule has 23 heavy (non-hydrogen) atoms. The second-order valence-corrected chi connectivity index (χ2v) is 4.94. The summed E-state index contributed by atoms with van der Waals surface area (Å²) in [6.45, 7) is 0.908. The highest BCUT2D eigenvalue weighted by Crippen LogP contribution is 2.27. The monoisotopic (exact) mass is 384 g/mol. The Morgan fingerprint density at radius 1 is 1.17 bits per heavy atom. The van der Waals surface area contributed by atoms with Crippen LogP contribution in [0.5, 0.6) is 5.75 Å².